The normalized spacial score (nSPS) is 21.9. The smallest absolute Gasteiger partial charge is 0.323 e. The Morgan fingerprint density at radius 2 is 2.47 bits per heavy atom. The van der Waals surface area contributed by atoms with Crippen molar-refractivity contribution in [3.63, 3.8) is 0 Å². The minimum atomic E-state index is -0.336. The highest BCUT2D eigenvalue weighted by molar-refractivity contribution is 6.30. The van der Waals surface area contributed by atoms with Gasteiger partial charge in [0.1, 0.15) is 18.8 Å². The molecule has 0 aromatic carbocycles. The molecule has 6 heteroatoms. The van der Waals surface area contributed by atoms with Crippen LogP contribution >= 0.6 is 11.6 Å². The Morgan fingerprint density at radius 1 is 1.63 bits per heavy atom. The Hall–Kier alpha value is -1.59. The molecule has 1 aliphatic heterocycles. The van der Waals surface area contributed by atoms with Crippen LogP contribution in [0.4, 0.5) is 0 Å². The summed E-state index contributed by atoms with van der Waals surface area (Å²) in [5.74, 6) is 0.214. The van der Waals surface area contributed by atoms with Crippen LogP contribution in [0.15, 0.2) is 31.0 Å². The molecular formula is C13H15ClN2O3. The Balaban J connectivity index is 1.83. The van der Waals surface area contributed by atoms with Gasteiger partial charge in [0.25, 0.3) is 0 Å². The van der Waals surface area contributed by atoms with Crippen LogP contribution in [0.2, 0.25) is 5.02 Å². The number of pyridine rings is 1. The van der Waals surface area contributed by atoms with E-state index >= 15 is 0 Å². The number of esters is 1. The van der Waals surface area contributed by atoms with Crippen molar-refractivity contribution >= 4 is 17.6 Å². The molecule has 5 nitrogen and oxygen atoms in total. The van der Waals surface area contributed by atoms with Gasteiger partial charge in [-0.2, -0.15) is 0 Å². The van der Waals surface area contributed by atoms with E-state index in [1.165, 1.54) is 6.20 Å². The van der Waals surface area contributed by atoms with Crippen LogP contribution in [0.3, 0.4) is 0 Å². The highest BCUT2D eigenvalue weighted by Gasteiger charge is 2.31. The van der Waals surface area contributed by atoms with E-state index in [4.69, 9.17) is 21.1 Å². The third-order valence-electron chi connectivity index (χ3n) is 2.71. The second kappa shape index (κ2) is 6.54. The molecule has 0 amide bonds. The molecule has 0 saturated carbocycles. The highest BCUT2D eigenvalue weighted by Crippen LogP contribution is 2.17. The molecule has 1 saturated heterocycles. The fraction of sp³-hybridized carbons (Fsp3) is 0.385. The first-order valence-electron chi connectivity index (χ1n) is 5.98. The van der Waals surface area contributed by atoms with E-state index in [0.29, 0.717) is 23.9 Å². The molecular weight excluding hydrogens is 268 g/mol. The standard InChI is InChI=1S/C13H15ClN2O3/c1-2-5-18-13(17)11-6-10(8-15-11)19-12-4-3-9(14)7-16-12/h2-4,7,10-11,15H,1,5-6,8H2/t10-,11+/m1/s1. The topological polar surface area (TPSA) is 60.5 Å². The second-order valence-electron chi connectivity index (χ2n) is 4.17. The number of ether oxygens (including phenoxy) is 2. The van der Waals surface area contributed by atoms with Crippen molar-refractivity contribution < 1.29 is 14.3 Å². The summed E-state index contributed by atoms with van der Waals surface area (Å²) in [5.41, 5.74) is 0. The monoisotopic (exact) mass is 282 g/mol. The van der Waals surface area contributed by atoms with Crippen molar-refractivity contribution in [2.24, 2.45) is 0 Å². The maximum absolute atomic E-state index is 11.6. The van der Waals surface area contributed by atoms with Crippen LogP contribution in [-0.4, -0.2) is 36.3 Å². The number of nitrogens with zero attached hydrogens (tertiary/aromatic N) is 1. The fourth-order valence-corrected chi connectivity index (χ4v) is 1.93. The molecule has 1 aliphatic rings. The summed E-state index contributed by atoms with van der Waals surface area (Å²) in [7, 11) is 0. The molecule has 2 heterocycles. The maximum Gasteiger partial charge on any atom is 0.323 e. The van der Waals surface area contributed by atoms with Gasteiger partial charge in [-0.15, -0.1) is 0 Å². The van der Waals surface area contributed by atoms with E-state index in [0.717, 1.165) is 0 Å². The van der Waals surface area contributed by atoms with Crippen molar-refractivity contribution in [3.8, 4) is 5.88 Å². The van der Waals surface area contributed by atoms with Gasteiger partial charge >= 0.3 is 5.97 Å². The number of carbonyl (C=O) groups is 1. The van der Waals surface area contributed by atoms with Crippen LogP contribution in [0.25, 0.3) is 0 Å². The zero-order valence-corrected chi connectivity index (χ0v) is 11.1. The third kappa shape index (κ3) is 3.94. The maximum atomic E-state index is 11.6. The van der Waals surface area contributed by atoms with Crippen LogP contribution < -0.4 is 10.1 Å². The Labute approximate surface area is 116 Å². The highest BCUT2D eigenvalue weighted by atomic mass is 35.5. The van der Waals surface area contributed by atoms with Crippen molar-refractivity contribution in [3.05, 3.63) is 36.0 Å². The van der Waals surface area contributed by atoms with Gasteiger partial charge in [-0.25, -0.2) is 4.98 Å². The molecule has 2 atom stereocenters. The number of nitrogens with one attached hydrogen (secondary N) is 1. The fourth-order valence-electron chi connectivity index (χ4n) is 1.82. The van der Waals surface area contributed by atoms with Crippen LogP contribution in [0.5, 0.6) is 5.88 Å². The average Bonchev–Trinajstić information content (AvgIpc) is 2.87. The molecule has 2 rings (SSSR count). The Bertz CT molecular complexity index is 450. The summed E-state index contributed by atoms with van der Waals surface area (Å²) in [6.45, 7) is 4.30. The third-order valence-corrected chi connectivity index (χ3v) is 2.93. The first-order chi connectivity index (χ1) is 9.19. The number of carbonyl (C=O) groups excluding carboxylic acids is 1. The van der Waals surface area contributed by atoms with Crippen molar-refractivity contribution in [1.29, 1.82) is 0 Å². The lowest BCUT2D eigenvalue weighted by molar-refractivity contribution is -0.144. The number of rotatable bonds is 5. The van der Waals surface area contributed by atoms with Gasteiger partial charge in [-0.1, -0.05) is 24.3 Å². The quantitative estimate of drug-likeness (QED) is 0.656. The summed E-state index contributed by atoms with van der Waals surface area (Å²) >= 11 is 5.74. The number of aromatic nitrogens is 1. The van der Waals surface area contributed by atoms with E-state index in [1.54, 1.807) is 18.2 Å². The first kappa shape index (κ1) is 13.8. The van der Waals surface area contributed by atoms with Crippen molar-refractivity contribution in [1.82, 2.24) is 10.3 Å². The van der Waals surface area contributed by atoms with E-state index < -0.39 is 0 Å². The molecule has 1 N–H and O–H groups in total. The van der Waals surface area contributed by atoms with Gasteiger partial charge in [0.05, 0.1) is 5.02 Å². The van der Waals surface area contributed by atoms with Gasteiger partial charge in [0.2, 0.25) is 5.88 Å². The van der Waals surface area contributed by atoms with E-state index in [-0.39, 0.29) is 24.7 Å². The molecule has 0 radical (unpaired) electrons. The van der Waals surface area contributed by atoms with Gasteiger partial charge in [0.15, 0.2) is 0 Å². The van der Waals surface area contributed by atoms with Crippen molar-refractivity contribution in [2.75, 3.05) is 13.2 Å². The summed E-state index contributed by atoms with van der Waals surface area (Å²) < 4.78 is 10.6. The Morgan fingerprint density at radius 3 is 3.16 bits per heavy atom. The van der Waals surface area contributed by atoms with Gasteiger partial charge < -0.3 is 14.8 Å². The molecule has 1 aromatic heterocycles. The molecule has 19 heavy (non-hydrogen) atoms. The Kier molecular flexibility index (Phi) is 4.76. The summed E-state index contributed by atoms with van der Waals surface area (Å²) in [5, 5.41) is 3.62. The van der Waals surface area contributed by atoms with Gasteiger partial charge in [-0.05, 0) is 6.07 Å². The van der Waals surface area contributed by atoms with Crippen LogP contribution in [0.1, 0.15) is 6.42 Å². The van der Waals surface area contributed by atoms with Crippen LogP contribution in [0, 0.1) is 0 Å². The lowest BCUT2D eigenvalue weighted by Crippen LogP contribution is -2.32. The summed E-state index contributed by atoms with van der Waals surface area (Å²) in [4.78, 5) is 15.7. The molecule has 0 aliphatic carbocycles. The lowest BCUT2D eigenvalue weighted by Gasteiger charge is -2.11. The van der Waals surface area contributed by atoms with Crippen molar-refractivity contribution in [2.45, 2.75) is 18.6 Å². The zero-order chi connectivity index (χ0) is 13.7. The minimum absolute atomic E-state index is 0.102. The largest absolute Gasteiger partial charge is 0.473 e. The molecule has 0 spiro atoms. The second-order valence-corrected chi connectivity index (χ2v) is 4.61. The molecule has 0 bridgehead atoms. The molecule has 1 fully saturated rings. The van der Waals surface area contributed by atoms with E-state index in [9.17, 15) is 4.79 Å². The molecule has 1 aromatic rings. The number of hydrogen-bond donors (Lipinski definition) is 1. The molecule has 102 valence electrons. The van der Waals surface area contributed by atoms with E-state index in [1.807, 2.05) is 0 Å². The summed E-state index contributed by atoms with van der Waals surface area (Å²) in [6.07, 6.45) is 3.52. The first-order valence-corrected chi connectivity index (χ1v) is 6.36. The number of halogens is 1. The molecule has 0 unspecified atom stereocenters. The van der Waals surface area contributed by atoms with E-state index in [2.05, 4.69) is 16.9 Å². The SMILES string of the molecule is C=CCOC(=O)[C@@H]1C[C@@H](Oc2ccc(Cl)cn2)CN1. The van der Waals surface area contributed by atoms with Crippen LogP contribution in [-0.2, 0) is 9.53 Å². The predicted octanol–water partition coefficient (Wildman–Crippen LogP) is 1.57. The summed E-state index contributed by atoms with van der Waals surface area (Å²) in [6, 6.07) is 3.07. The lowest BCUT2D eigenvalue weighted by atomic mass is 10.2. The minimum Gasteiger partial charge on any atom is -0.473 e. The number of hydrogen-bond acceptors (Lipinski definition) is 5. The average molecular weight is 283 g/mol. The zero-order valence-electron chi connectivity index (χ0n) is 10.3. The van der Waals surface area contributed by atoms with Gasteiger partial charge in [-0.3, -0.25) is 4.79 Å². The predicted molar refractivity (Wildman–Crippen MR) is 71.2 cm³/mol. The van der Waals surface area contributed by atoms with Gasteiger partial charge in [0, 0.05) is 25.2 Å².